The van der Waals surface area contributed by atoms with Crippen LogP contribution in [-0.2, 0) is 4.79 Å². The van der Waals surface area contributed by atoms with Crippen LogP contribution in [0, 0.1) is 0 Å². The normalized spacial score (nSPS) is 10.4. The fourth-order valence-corrected chi connectivity index (χ4v) is 2.50. The number of nitrogens with one attached hydrogen (secondary N) is 3. The summed E-state index contributed by atoms with van der Waals surface area (Å²) < 4.78 is 0. The van der Waals surface area contributed by atoms with Crippen LogP contribution in [0.3, 0.4) is 0 Å². The quantitative estimate of drug-likeness (QED) is 0.446. The van der Waals surface area contributed by atoms with Gasteiger partial charge in [-0.15, -0.1) is 0 Å². The van der Waals surface area contributed by atoms with Crippen molar-refractivity contribution >= 4 is 29.0 Å². The molecule has 0 saturated heterocycles. The Bertz CT molecular complexity index is 916. The monoisotopic (exact) mass is 378 g/mol. The predicted molar refractivity (Wildman–Crippen MR) is 109 cm³/mol. The average Bonchev–Trinajstić information content (AvgIpc) is 2.70. The van der Waals surface area contributed by atoms with Gasteiger partial charge in [-0.3, -0.25) is 9.78 Å². The van der Waals surface area contributed by atoms with E-state index in [0.717, 1.165) is 17.1 Å². The highest BCUT2D eigenvalue weighted by Crippen LogP contribution is 2.23. The predicted octanol–water partition coefficient (Wildman–Crippen LogP) is 3.03. The molecule has 0 aliphatic rings. The van der Waals surface area contributed by atoms with Crippen molar-refractivity contribution in [1.82, 2.24) is 15.0 Å². The topological polar surface area (TPSA) is 112 Å². The summed E-state index contributed by atoms with van der Waals surface area (Å²) in [6, 6.07) is 14.8. The van der Waals surface area contributed by atoms with Gasteiger partial charge in [0.25, 0.3) is 0 Å². The Morgan fingerprint density at radius 2 is 1.82 bits per heavy atom. The third-order valence-corrected chi connectivity index (χ3v) is 3.75. The van der Waals surface area contributed by atoms with Crippen molar-refractivity contribution in [2.75, 3.05) is 29.1 Å². The molecule has 0 bridgehead atoms. The van der Waals surface area contributed by atoms with E-state index in [2.05, 4.69) is 30.9 Å². The fourth-order valence-electron chi connectivity index (χ4n) is 2.50. The summed E-state index contributed by atoms with van der Waals surface area (Å²) in [5, 5.41) is 18.1. The summed E-state index contributed by atoms with van der Waals surface area (Å²) in [6.07, 6.45) is 2.31. The van der Waals surface area contributed by atoms with E-state index in [9.17, 15) is 4.79 Å². The van der Waals surface area contributed by atoms with Crippen molar-refractivity contribution in [3.8, 4) is 11.4 Å². The van der Waals surface area contributed by atoms with Gasteiger partial charge in [0.1, 0.15) is 5.82 Å². The zero-order valence-electron chi connectivity index (χ0n) is 15.5. The largest absolute Gasteiger partial charge is 0.396 e. The number of aromatic nitrogens is 3. The van der Waals surface area contributed by atoms with Crippen LogP contribution in [0.4, 0.5) is 23.1 Å². The highest BCUT2D eigenvalue weighted by atomic mass is 16.3. The molecule has 8 nitrogen and oxygen atoms in total. The van der Waals surface area contributed by atoms with Gasteiger partial charge in [0.15, 0.2) is 0 Å². The Kier molecular flexibility index (Phi) is 6.48. The first kappa shape index (κ1) is 19.2. The number of amides is 1. The number of anilines is 4. The lowest BCUT2D eigenvalue weighted by Gasteiger charge is -2.11. The van der Waals surface area contributed by atoms with E-state index in [0.29, 0.717) is 30.4 Å². The number of pyridine rings is 1. The number of hydrogen-bond acceptors (Lipinski definition) is 7. The molecule has 4 N–H and O–H groups in total. The molecule has 0 aliphatic heterocycles. The number of hydrogen-bond donors (Lipinski definition) is 4. The summed E-state index contributed by atoms with van der Waals surface area (Å²) in [5.74, 6) is 0.943. The third-order valence-electron chi connectivity index (χ3n) is 3.75. The summed E-state index contributed by atoms with van der Waals surface area (Å²) in [5.41, 5.74) is 2.96. The molecule has 0 saturated carbocycles. The van der Waals surface area contributed by atoms with Crippen LogP contribution in [-0.4, -0.2) is 39.1 Å². The molecule has 1 amide bonds. The van der Waals surface area contributed by atoms with E-state index in [4.69, 9.17) is 5.11 Å². The summed E-state index contributed by atoms with van der Waals surface area (Å²) in [4.78, 5) is 24.5. The van der Waals surface area contributed by atoms with E-state index >= 15 is 0 Å². The van der Waals surface area contributed by atoms with Crippen LogP contribution in [0.25, 0.3) is 11.4 Å². The number of nitrogens with zero attached hydrogens (tertiary/aromatic N) is 3. The standard InChI is InChI=1S/C20H22N6O2/c1-14(28)23-15-6-8-16(9-7-15)24-19-13-18(17-5-2-3-10-21-17)25-20(26-19)22-11-4-12-27/h2-3,5-10,13,27H,4,11-12H2,1H3,(H,23,28)(H2,22,24,25,26). The minimum Gasteiger partial charge on any atom is -0.396 e. The number of rotatable bonds is 8. The second-order valence-electron chi connectivity index (χ2n) is 6.06. The Morgan fingerprint density at radius 3 is 2.50 bits per heavy atom. The van der Waals surface area contributed by atoms with Crippen LogP contribution in [0.2, 0.25) is 0 Å². The Labute approximate surface area is 163 Å². The molecule has 0 unspecified atom stereocenters. The maximum Gasteiger partial charge on any atom is 0.225 e. The van der Waals surface area contributed by atoms with E-state index in [1.54, 1.807) is 6.20 Å². The molecule has 2 heterocycles. The zero-order valence-corrected chi connectivity index (χ0v) is 15.5. The molecule has 2 aromatic heterocycles. The molecule has 0 radical (unpaired) electrons. The molecule has 8 heteroatoms. The highest BCUT2D eigenvalue weighted by molar-refractivity contribution is 5.88. The van der Waals surface area contributed by atoms with E-state index in [1.165, 1.54) is 6.92 Å². The van der Waals surface area contributed by atoms with Gasteiger partial charge in [-0.1, -0.05) is 6.07 Å². The molecular weight excluding hydrogens is 356 g/mol. The first-order valence-electron chi connectivity index (χ1n) is 8.94. The first-order chi connectivity index (χ1) is 13.6. The van der Waals surface area contributed by atoms with Gasteiger partial charge >= 0.3 is 0 Å². The van der Waals surface area contributed by atoms with Gasteiger partial charge in [-0.2, -0.15) is 4.98 Å². The van der Waals surface area contributed by atoms with Crippen molar-refractivity contribution in [3.63, 3.8) is 0 Å². The number of carbonyl (C=O) groups is 1. The molecule has 3 aromatic rings. The maximum absolute atomic E-state index is 11.1. The lowest BCUT2D eigenvalue weighted by molar-refractivity contribution is -0.114. The number of aliphatic hydroxyl groups excluding tert-OH is 1. The molecule has 0 aliphatic carbocycles. The van der Waals surface area contributed by atoms with Crippen molar-refractivity contribution in [2.24, 2.45) is 0 Å². The lowest BCUT2D eigenvalue weighted by Crippen LogP contribution is -2.09. The van der Waals surface area contributed by atoms with E-state index < -0.39 is 0 Å². The second-order valence-corrected chi connectivity index (χ2v) is 6.06. The van der Waals surface area contributed by atoms with Gasteiger partial charge < -0.3 is 21.1 Å². The van der Waals surface area contributed by atoms with Gasteiger partial charge in [0.05, 0.1) is 11.4 Å². The molecule has 0 atom stereocenters. The molecule has 0 spiro atoms. The van der Waals surface area contributed by atoms with Crippen molar-refractivity contribution < 1.29 is 9.90 Å². The van der Waals surface area contributed by atoms with Crippen LogP contribution in [0.15, 0.2) is 54.7 Å². The molecule has 144 valence electrons. The van der Waals surface area contributed by atoms with Crippen molar-refractivity contribution in [2.45, 2.75) is 13.3 Å². The smallest absolute Gasteiger partial charge is 0.225 e. The van der Waals surface area contributed by atoms with Gasteiger partial charge in [0.2, 0.25) is 11.9 Å². The summed E-state index contributed by atoms with van der Waals surface area (Å²) in [7, 11) is 0. The summed E-state index contributed by atoms with van der Waals surface area (Å²) in [6.45, 7) is 2.13. The molecule has 0 fully saturated rings. The van der Waals surface area contributed by atoms with Crippen LogP contribution < -0.4 is 16.0 Å². The molecule has 1 aromatic carbocycles. The zero-order chi connectivity index (χ0) is 19.8. The van der Waals surface area contributed by atoms with Gasteiger partial charge in [-0.05, 0) is 42.8 Å². The minimum atomic E-state index is -0.116. The third kappa shape index (κ3) is 5.49. The van der Waals surface area contributed by atoms with Crippen molar-refractivity contribution in [3.05, 3.63) is 54.7 Å². The highest BCUT2D eigenvalue weighted by Gasteiger charge is 2.08. The summed E-state index contributed by atoms with van der Waals surface area (Å²) >= 11 is 0. The second kappa shape index (κ2) is 9.43. The number of carbonyl (C=O) groups excluding carboxylic acids is 1. The van der Waals surface area contributed by atoms with Crippen molar-refractivity contribution in [1.29, 1.82) is 0 Å². The Hall–Kier alpha value is -3.52. The molecular formula is C20H22N6O2. The first-order valence-corrected chi connectivity index (χ1v) is 8.94. The number of aliphatic hydroxyl groups is 1. The molecule has 3 rings (SSSR count). The maximum atomic E-state index is 11.1. The lowest BCUT2D eigenvalue weighted by atomic mass is 10.2. The van der Waals surface area contributed by atoms with E-state index in [-0.39, 0.29) is 12.5 Å². The van der Waals surface area contributed by atoms with Crippen LogP contribution in [0.1, 0.15) is 13.3 Å². The van der Waals surface area contributed by atoms with Crippen LogP contribution >= 0.6 is 0 Å². The van der Waals surface area contributed by atoms with Gasteiger partial charge in [-0.25, -0.2) is 4.98 Å². The van der Waals surface area contributed by atoms with Crippen LogP contribution in [0.5, 0.6) is 0 Å². The SMILES string of the molecule is CC(=O)Nc1ccc(Nc2cc(-c3ccccn3)nc(NCCCO)n2)cc1. The molecule has 28 heavy (non-hydrogen) atoms. The fraction of sp³-hybridized carbons (Fsp3) is 0.200. The number of benzene rings is 1. The average molecular weight is 378 g/mol. The van der Waals surface area contributed by atoms with Gasteiger partial charge in [0, 0.05) is 43.7 Å². The van der Waals surface area contributed by atoms with E-state index in [1.807, 2.05) is 48.5 Å². The Morgan fingerprint density at radius 1 is 1.04 bits per heavy atom. The Balaban J connectivity index is 1.84. The minimum absolute atomic E-state index is 0.0959.